The SMILES string of the molecule is NC(=O)c1ccc(N2CCC(=O)CC2)c([N+](=O)[O-])c1. The lowest BCUT2D eigenvalue weighted by atomic mass is 10.1. The summed E-state index contributed by atoms with van der Waals surface area (Å²) in [6.45, 7) is 0.908. The molecule has 1 aliphatic heterocycles. The molecule has 100 valence electrons. The van der Waals surface area contributed by atoms with Crippen molar-refractivity contribution in [1.82, 2.24) is 0 Å². The van der Waals surface area contributed by atoms with Crippen LogP contribution in [-0.2, 0) is 4.79 Å². The molecule has 0 saturated carbocycles. The number of carbonyl (C=O) groups excluding carboxylic acids is 2. The van der Waals surface area contributed by atoms with E-state index in [1.54, 1.807) is 4.90 Å². The van der Waals surface area contributed by atoms with Gasteiger partial charge in [-0.3, -0.25) is 19.7 Å². The summed E-state index contributed by atoms with van der Waals surface area (Å²) in [5.41, 5.74) is 5.47. The predicted molar refractivity (Wildman–Crippen MR) is 68.1 cm³/mol. The molecule has 1 fully saturated rings. The Morgan fingerprint density at radius 1 is 1.32 bits per heavy atom. The van der Waals surface area contributed by atoms with E-state index in [1.807, 2.05) is 0 Å². The summed E-state index contributed by atoms with van der Waals surface area (Å²) >= 11 is 0. The van der Waals surface area contributed by atoms with E-state index in [9.17, 15) is 19.7 Å². The van der Waals surface area contributed by atoms with Gasteiger partial charge >= 0.3 is 0 Å². The summed E-state index contributed by atoms with van der Waals surface area (Å²) in [7, 11) is 0. The second kappa shape index (κ2) is 5.05. The maximum absolute atomic E-state index is 11.2. The largest absolute Gasteiger partial charge is 0.366 e. The summed E-state index contributed by atoms with van der Waals surface area (Å²) in [5, 5.41) is 11.1. The van der Waals surface area contributed by atoms with Crippen molar-refractivity contribution in [2.45, 2.75) is 12.8 Å². The van der Waals surface area contributed by atoms with Crippen LogP contribution in [0.5, 0.6) is 0 Å². The van der Waals surface area contributed by atoms with Gasteiger partial charge in [0, 0.05) is 37.6 Å². The van der Waals surface area contributed by atoms with E-state index >= 15 is 0 Å². The highest BCUT2D eigenvalue weighted by Crippen LogP contribution is 2.30. The molecule has 0 bridgehead atoms. The molecule has 0 radical (unpaired) electrons. The zero-order valence-corrected chi connectivity index (χ0v) is 10.2. The lowest BCUT2D eigenvalue weighted by molar-refractivity contribution is -0.384. The number of anilines is 1. The van der Waals surface area contributed by atoms with Gasteiger partial charge in [-0.05, 0) is 12.1 Å². The Bertz CT molecular complexity index is 546. The Morgan fingerprint density at radius 3 is 2.47 bits per heavy atom. The van der Waals surface area contributed by atoms with Crippen LogP contribution in [0.3, 0.4) is 0 Å². The van der Waals surface area contributed by atoms with Crippen molar-refractivity contribution in [2.75, 3.05) is 18.0 Å². The Morgan fingerprint density at radius 2 is 1.95 bits per heavy atom. The monoisotopic (exact) mass is 263 g/mol. The molecule has 1 aliphatic rings. The summed E-state index contributed by atoms with van der Waals surface area (Å²) in [6.07, 6.45) is 0.767. The Balaban J connectivity index is 2.36. The van der Waals surface area contributed by atoms with Crippen molar-refractivity contribution in [3.8, 4) is 0 Å². The fourth-order valence-electron chi connectivity index (χ4n) is 2.09. The number of ketones is 1. The predicted octanol–water partition coefficient (Wildman–Crippen LogP) is 0.863. The minimum absolute atomic E-state index is 0.100. The molecule has 1 heterocycles. The number of piperidine rings is 1. The highest BCUT2D eigenvalue weighted by Gasteiger charge is 2.24. The molecule has 2 N–H and O–H groups in total. The summed E-state index contributed by atoms with van der Waals surface area (Å²) in [6, 6.07) is 4.14. The first kappa shape index (κ1) is 13.0. The van der Waals surface area contributed by atoms with Crippen LogP contribution in [0.15, 0.2) is 18.2 Å². The first-order chi connectivity index (χ1) is 8.99. The van der Waals surface area contributed by atoms with Crippen molar-refractivity contribution in [2.24, 2.45) is 5.73 Å². The van der Waals surface area contributed by atoms with E-state index in [2.05, 4.69) is 0 Å². The number of nitrogens with two attached hydrogens (primary N) is 1. The molecule has 0 aliphatic carbocycles. The first-order valence-electron chi connectivity index (χ1n) is 5.84. The normalized spacial score (nSPS) is 15.4. The van der Waals surface area contributed by atoms with Gasteiger partial charge in [-0.25, -0.2) is 0 Å². The molecule has 0 atom stereocenters. The number of rotatable bonds is 3. The Hall–Kier alpha value is -2.44. The second-order valence-electron chi connectivity index (χ2n) is 4.35. The summed E-state index contributed by atoms with van der Waals surface area (Å²) in [4.78, 5) is 34.5. The smallest absolute Gasteiger partial charge is 0.293 e. The van der Waals surface area contributed by atoms with Crippen LogP contribution in [0.1, 0.15) is 23.2 Å². The zero-order valence-electron chi connectivity index (χ0n) is 10.2. The van der Waals surface area contributed by atoms with Gasteiger partial charge in [0.25, 0.3) is 5.69 Å². The molecule has 0 spiro atoms. The fraction of sp³-hybridized carbons (Fsp3) is 0.333. The van der Waals surface area contributed by atoms with Crippen LogP contribution in [0, 0.1) is 10.1 Å². The fourth-order valence-corrected chi connectivity index (χ4v) is 2.09. The van der Waals surface area contributed by atoms with Gasteiger partial charge < -0.3 is 10.6 Å². The van der Waals surface area contributed by atoms with Gasteiger partial charge in [-0.1, -0.05) is 0 Å². The highest BCUT2D eigenvalue weighted by atomic mass is 16.6. The molecule has 0 unspecified atom stereocenters. The third-order valence-corrected chi connectivity index (χ3v) is 3.12. The zero-order chi connectivity index (χ0) is 14.0. The van der Waals surface area contributed by atoms with E-state index in [1.165, 1.54) is 18.2 Å². The molecule has 7 nitrogen and oxygen atoms in total. The number of benzene rings is 1. The average molecular weight is 263 g/mol. The van der Waals surface area contributed by atoms with Gasteiger partial charge in [-0.2, -0.15) is 0 Å². The lowest BCUT2D eigenvalue weighted by Gasteiger charge is -2.27. The molecule has 1 amide bonds. The first-order valence-corrected chi connectivity index (χ1v) is 5.84. The maximum atomic E-state index is 11.2. The third-order valence-electron chi connectivity index (χ3n) is 3.12. The third kappa shape index (κ3) is 2.70. The van der Waals surface area contributed by atoms with E-state index in [0.29, 0.717) is 31.6 Å². The van der Waals surface area contributed by atoms with Crippen LogP contribution >= 0.6 is 0 Å². The molecule has 1 aromatic carbocycles. The molecule has 7 heteroatoms. The van der Waals surface area contributed by atoms with Crippen molar-refractivity contribution in [1.29, 1.82) is 0 Å². The molecule has 19 heavy (non-hydrogen) atoms. The second-order valence-corrected chi connectivity index (χ2v) is 4.35. The van der Waals surface area contributed by atoms with Crippen molar-refractivity contribution >= 4 is 23.1 Å². The Kier molecular flexibility index (Phi) is 3.46. The number of Topliss-reactive ketones (excluding diaryl/α,β-unsaturated/α-hetero) is 1. The minimum atomic E-state index is -0.705. The number of hydrogen-bond donors (Lipinski definition) is 1. The number of nitro benzene ring substituents is 1. The molecular weight excluding hydrogens is 250 g/mol. The van der Waals surface area contributed by atoms with Crippen molar-refractivity contribution < 1.29 is 14.5 Å². The van der Waals surface area contributed by atoms with Crippen molar-refractivity contribution in [3.05, 3.63) is 33.9 Å². The van der Waals surface area contributed by atoms with Gasteiger partial charge in [0.15, 0.2) is 0 Å². The van der Waals surface area contributed by atoms with Crippen molar-refractivity contribution in [3.63, 3.8) is 0 Å². The number of primary amides is 1. The van der Waals surface area contributed by atoms with Crippen LogP contribution in [0.4, 0.5) is 11.4 Å². The number of amides is 1. The standard InChI is InChI=1S/C12H13N3O4/c13-12(17)8-1-2-10(11(7-8)15(18)19)14-5-3-9(16)4-6-14/h1-2,7H,3-6H2,(H2,13,17). The molecule has 1 saturated heterocycles. The quantitative estimate of drug-likeness (QED) is 0.643. The highest BCUT2D eigenvalue weighted by molar-refractivity contribution is 5.94. The summed E-state index contributed by atoms with van der Waals surface area (Å²) < 4.78 is 0. The van der Waals surface area contributed by atoms with E-state index < -0.39 is 10.8 Å². The number of nitro groups is 1. The lowest BCUT2D eigenvalue weighted by Crippen LogP contribution is -2.34. The Labute approximate surface area is 109 Å². The van der Waals surface area contributed by atoms with Crippen LogP contribution < -0.4 is 10.6 Å². The van der Waals surface area contributed by atoms with Crippen LogP contribution in [0.2, 0.25) is 0 Å². The van der Waals surface area contributed by atoms with Gasteiger partial charge in [0.2, 0.25) is 5.91 Å². The van der Waals surface area contributed by atoms with Gasteiger partial charge in [-0.15, -0.1) is 0 Å². The van der Waals surface area contributed by atoms with Gasteiger partial charge in [0.05, 0.1) is 4.92 Å². The average Bonchev–Trinajstić information content (AvgIpc) is 2.38. The topological polar surface area (TPSA) is 107 Å². The minimum Gasteiger partial charge on any atom is -0.366 e. The van der Waals surface area contributed by atoms with Crippen LogP contribution in [-0.4, -0.2) is 29.7 Å². The summed E-state index contributed by atoms with van der Waals surface area (Å²) in [5.74, 6) is -0.545. The van der Waals surface area contributed by atoms with Gasteiger partial charge in [0.1, 0.15) is 11.5 Å². The molecule has 2 rings (SSSR count). The molecule has 1 aromatic rings. The number of carbonyl (C=O) groups is 2. The molecular formula is C12H13N3O4. The maximum Gasteiger partial charge on any atom is 0.293 e. The molecule has 0 aromatic heterocycles. The van der Waals surface area contributed by atoms with E-state index in [0.717, 1.165) is 0 Å². The van der Waals surface area contributed by atoms with E-state index in [-0.39, 0.29) is 17.0 Å². The number of nitrogens with zero attached hydrogens (tertiary/aromatic N) is 2. The van der Waals surface area contributed by atoms with Crippen LogP contribution in [0.25, 0.3) is 0 Å². The van der Waals surface area contributed by atoms with E-state index in [4.69, 9.17) is 5.73 Å². The number of hydrogen-bond acceptors (Lipinski definition) is 5.